The molecule has 160 valence electrons. The number of aryl methyl sites for hydroxylation is 2. The molecule has 0 radical (unpaired) electrons. The Bertz CT molecular complexity index is 1470. The third-order valence-electron chi connectivity index (χ3n) is 6.30. The lowest BCUT2D eigenvalue weighted by molar-refractivity contribution is 0.803. The Morgan fingerprint density at radius 1 is 0.710 bits per heavy atom. The molecule has 0 N–H and O–H groups in total. The minimum Gasteiger partial charge on any atom is -0.348 e. The zero-order valence-corrected chi connectivity index (χ0v) is 19.4. The molecular formula is C26H30N4O. The van der Waals surface area contributed by atoms with Crippen LogP contribution in [0.1, 0.15) is 25.2 Å². The third kappa shape index (κ3) is 2.87. The highest BCUT2D eigenvalue weighted by Crippen LogP contribution is 2.37. The van der Waals surface area contributed by atoms with E-state index in [9.17, 15) is 4.79 Å². The topological polar surface area (TPSA) is 36.8 Å². The summed E-state index contributed by atoms with van der Waals surface area (Å²) in [6.45, 7) is 8.15. The summed E-state index contributed by atoms with van der Waals surface area (Å²) in [5.74, 6) is 0. The molecule has 0 unspecified atom stereocenters. The van der Waals surface area contributed by atoms with Crippen molar-refractivity contribution in [3.8, 4) is 16.9 Å². The second-order valence-electron chi connectivity index (χ2n) is 7.79. The Kier molecular flexibility index (Phi) is 5.13. The summed E-state index contributed by atoms with van der Waals surface area (Å²) in [6, 6.07) is 16.6. The monoisotopic (exact) mass is 414 g/mol. The van der Waals surface area contributed by atoms with Gasteiger partial charge in [0.2, 0.25) is 0 Å². The minimum absolute atomic E-state index is 0.0267. The van der Waals surface area contributed by atoms with Crippen LogP contribution < -0.4 is 5.69 Å². The lowest BCUT2D eigenvalue weighted by Gasteiger charge is -2.09. The van der Waals surface area contributed by atoms with Crippen molar-refractivity contribution >= 4 is 21.8 Å². The smallest absolute Gasteiger partial charge is 0.333 e. The van der Waals surface area contributed by atoms with E-state index in [0.29, 0.717) is 0 Å². The largest absolute Gasteiger partial charge is 0.348 e. The molecule has 0 saturated heterocycles. The fourth-order valence-corrected chi connectivity index (χ4v) is 4.54. The summed E-state index contributed by atoms with van der Waals surface area (Å²) in [5, 5.41) is 2.23. The number of para-hydroxylation sites is 2. The van der Waals surface area contributed by atoms with Gasteiger partial charge in [0.25, 0.3) is 0 Å². The molecule has 5 heteroatoms. The quantitative estimate of drug-likeness (QED) is 0.377. The molecule has 0 aliphatic heterocycles. The number of nitrogens with zero attached hydrogens (tertiary/aromatic N) is 4. The Hall–Kier alpha value is -3.47. The second-order valence-corrected chi connectivity index (χ2v) is 7.79. The van der Waals surface area contributed by atoms with Gasteiger partial charge in [-0.1, -0.05) is 50.2 Å². The van der Waals surface area contributed by atoms with Gasteiger partial charge < -0.3 is 9.13 Å². The van der Waals surface area contributed by atoms with Gasteiger partial charge >= 0.3 is 5.69 Å². The summed E-state index contributed by atoms with van der Waals surface area (Å²) in [4.78, 5) is 13.4. The number of hydrogen-bond donors (Lipinski definition) is 0. The van der Waals surface area contributed by atoms with Crippen LogP contribution in [-0.2, 0) is 21.1 Å². The van der Waals surface area contributed by atoms with Crippen molar-refractivity contribution in [2.45, 2.75) is 27.7 Å². The van der Waals surface area contributed by atoms with Gasteiger partial charge in [0.15, 0.2) is 0 Å². The molecule has 5 aromatic rings. The van der Waals surface area contributed by atoms with Crippen LogP contribution in [0.3, 0.4) is 0 Å². The SMILES string of the molecule is CC.Cc1c(-c2c(C)n(C)c3ccccc23)n(-c2cn(C)c3ccccc23)c(=O)n1C. The predicted octanol–water partition coefficient (Wildman–Crippen LogP) is 5.47. The second kappa shape index (κ2) is 7.65. The first kappa shape index (κ1) is 20.8. The molecule has 0 amide bonds. The summed E-state index contributed by atoms with van der Waals surface area (Å²) < 4.78 is 7.92. The maximum Gasteiger partial charge on any atom is 0.333 e. The molecule has 3 aromatic heterocycles. The molecule has 0 fully saturated rings. The highest BCUT2D eigenvalue weighted by molar-refractivity contribution is 5.99. The van der Waals surface area contributed by atoms with Crippen LogP contribution >= 0.6 is 0 Å². The molecule has 0 aliphatic carbocycles. The van der Waals surface area contributed by atoms with E-state index in [-0.39, 0.29) is 5.69 Å². The number of benzene rings is 2. The summed E-state index contributed by atoms with van der Waals surface area (Å²) >= 11 is 0. The van der Waals surface area contributed by atoms with Crippen LogP contribution in [0.25, 0.3) is 38.8 Å². The number of fused-ring (bicyclic) bond motifs is 2. The minimum atomic E-state index is -0.0267. The number of hydrogen-bond acceptors (Lipinski definition) is 1. The lowest BCUT2D eigenvalue weighted by Crippen LogP contribution is -2.21. The zero-order chi connectivity index (χ0) is 22.4. The van der Waals surface area contributed by atoms with Gasteiger partial charge in [-0.3, -0.25) is 9.13 Å². The first-order valence-electron chi connectivity index (χ1n) is 10.8. The van der Waals surface area contributed by atoms with E-state index in [1.807, 2.05) is 51.6 Å². The van der Waals surface area contributed by atoms with Crippen LogP contribution in [-0.4, -0.2) is 18.3 Å². The molecule has 5 rings (SSSR count). The molecule has 5 nitrogen and oxygen atoms in total. The Labute approximate surface area is 182 Å². The average molecular weight is 415 g/mol. The van der Waals surface area contributed by atoms with Crippen LogP contribution in [0.4, 0.5) is 0 Å². The van der Waals surface area contributed by atoms with E-state index in [1.165, 1.54) is 5.52 Å². The van der Waals surface area contributed by atoms with Gasteiger partial charge in [0, 0.05) is 66.1 Å². The molecular weight excluding hydrogens is 384 g/mol. The maximum absolute atomic E-state index is 13.4. The maximum atomic E-state index is 13.4. The van der Waals surface area contributed by atoms with Crippen molar-refractivity contribution in [2.24, 2.45) is 21.1 Å². The Morgan fingerprint density at radius 3 is 1.97 bits per heavy atom. The van der Waals surface area contributed by atoms with Gasteiger partial charge in [0.05, 0.1) is 11.4 Å². The summed E-state index contributed by atoms with van der Waals surface area (Å²) in [5.41, 5.74) is 7.35. The fraction of sp³-hybridized carbons (Fsp3) is 0.269. The number of aromatic nitrogens is 4. The molecule has 0 saturated carbocycles. The normalized spacial score (nSPS) is 11.2. The van der Waals surface area contributed by atoms with Crippen LogP contribution in [0.2, 0.25) is 0 Å². The van der Waals surface area contributed by atoms with Gasteiger partial charge in [-0.05, 0) is 26.0 Å². The first-order valence-corrected chi connectivity index (χ1v) is 10.8. The molecule has 0 spiro atoms. The van der Waals surface area contributed by atoms with Gasteiger partial charge in [-0.15, -0.1) is 0 Å². The van der Waals surface area contributed by atoms with Crippen LogP contribution in [0.15, 0.2) is 59.5 Å². The molecule has 3 heterocycles. The standard InChI is InChI=1S/C24H24N4O.C2H6/c1-15-22(18-11-7-9-13-20(18)26(15)4)23-16(2)27(5)24(29)28(23)21-14-25(3)19-12-8-6-10-17(19)21;1-2/h6-14H,1-5H3;1-2H3. The van der Waals surface area contributed by atoms with Crippen molar-refractivity contribution in [1.82, 2.24) is 18.3 Å². The van der Waals surface area contributed by atoms with E-state index >= 15 is 0 Å². The number of rotatable bonds is 2. The molecule has 2 aromatic carbocycles. The average Bonchev–Trinajstić information content (AvgIpc) is 3.34. The Morgan fingerprint density at radius 2 is 1.29 bits per heavy atom. The zero-order valence-electron chi connectivity index (χ0n) is 19.4. The van der Waals surface area contributed by atoms with Crippen molar-refractivity contribution in [1.29, 1.82) is 0 Å². The van der Waals surface area contributed by atoms with Gasteiger partial charge in [-0.25, -0.2) is 4.79 Å². The van der Waals surface area contributed by atoms with Crippen LogP contribution in [0.5, 0.6) is 0 Å². The predicted molar refractivity (Wildman–Crippen MR) is 130 cm³/mol. The highest BCUT2D eigenvalue weighted by atomic mass is 16.1. The van der Waals surface area contributed by atoms with Crippen molar-refractivity contribution in [3.05, 3.63) is 76.6 Å². The van der Waals surface area contributed by atoms with Gasteiger partial charge in [0.1, 0.15) is 0 Å². The Balaban J connectivity index is 0.00000112. The summed E-state index contributed by atoms with van der Waals surface area (Å²) in [6.07, 6.45) is 2.05. The fourth-order valence-electron chi connectivity index (χ4n) is 4.54. The van der Waals surface area contributed by atoms with E-state index in [2.05, 4.69) is 65.7 Å². The third-order valence-corrected chi connectivity index (χ3v) is 6.30. The molecule has 31 heavy (non-hydrogen) atoms. The van der Waals surface area contributed by atoms with Crippen molar-refractivity contribution in [3.63, 3.8) is 0 Å². The first-order chi connectivity index (χ1) is 14.9. The summed E-state index contributed by atoms with van der Waals surface area (Å²) in [7, 11) is 5.96. The van der Waals surface area contributed by atoms with E-state index in [4.69, 9.17) is 0 Å². The van der Waals surface area contributed by atoms with Crippen molar-refractivity contribution < 1.29 is 0 Å². The van der Waals surface area contributed by atoms with Crippen LogP contribution in [0, 0.1) is 13.8 Å². The lowest BCUT2D eigenvalue weighted by atomic mass is 10.1. The number of imidazole rings is 1. The highest BCUT2D eigenvalue weighted by Gasteiger charge is 2.25. The van der Waals surface area contributed by atoms with E-state index in [0.717, 1.165) is 44.6 Å². The van der Waals surface area contributed by atoms with Gasteiger partial charge in [-0.2, -0.15) is 0 Å². The molecule has 0 atom stereocenters. The van der Waals surface area contributed by atoms with Crippen molar-refractivity contribution in [2.75, 3.05) is 0 Å². The van der Waals surface area contributed by atoms with E-state index in [1.54, 1.807) is 4.57 Å². The molecule has 0 bridgehead atoms. The van der Waals surface area contributed by atoms with E-state index < -0.39 is 0 Å². The molecule has 0 aliphatic rings.